The summed E-state index contributed by atoms with van der Waals surface area (Å²) in [6.07, 6.45) is 2.52. The highest BCUT2D eigenvalue weighted by molar-refractivity contribution is 5.80. The second-order valence-corrected chi connectivity index (χ2v) is 7.94. The Bertz CT molecular complexity index is 706. The number of primary amides is 1. The zero-order valence-corrected chi connectivity index (χ0v) is 18.0. The van der Waals surface area contributed by atoms with E-state index in [0.717, 1.165) is 76.1 Å². The van der Waals surface area contributed by atoms with Gasteiger partial charge >= 0.3 is 0 Å². The van der Waals surface area contributed by atoms with Crippen LogP contribution in [-0.4, -0.2) is 81.3 Å². The van der Waals surface area contributed by atoms with Crippen LogP contribution in [-0.2, 0) is 16.1 Å². The first-order valence-corrected chi connectivity index (χ1v) is 10.9. The number of aliphatic imine (C=N–C) groups is 1. The Kier molecular flexibility index (Phi) is 8.77. The highest BCUT2D eigenvalue weighted by atomic mass is 16.5. The average Bonchev–Trinajstić information content (AvgIpc) is 2.76. The summed E-state index contributed by atoms with van der Waals surface area (Å²) < 4.78 is 11.5. The number of ether oxygens (including phenoxy) is 2. The number of hydrogen-bond donors (Lipinski definition) is 2. The van der Waals surface area contributed by atoms with Crippen molar-refractivity contribution in [2.75, 3.05) is 59.6 Å². The molecular weight excluding hydrogens is 382 g/mol. The number of piperidine rings is 1. The molecule has 3 N–H and O–H groups in total. The van der Waals surface area contributed by atoms with E-state index in [1.807, 2.05) is 18.2 Å². The van der Waals surface area contributed by atoms with Crippen LogP contribution in [0.3, 0.4) is 0 Å². The summed E-state index contributed by atoms with van der Waals surface area (Å²) in [5.74, 6) is 1.82. The Hall–Kier alpha value is -2.32. The van der Waals surface area contributed by atoms with E-state index in [2.05, 4.69) is 26.2 Å². The highest BCUT2D eigenvalue weighted by Gasteiger charge is 2.23. The quantitative estimate of drug-likeness (QED) is 0.485. The Morgan fingerprint density at radius 1 is 1.30 bits per heavy atom. The van der Waals surface area contributed by atoms with Crippen LogP contribution in [0.1, 0.15) is 24.8 Å². The van der Waals surface area contributed by atoms with Gasteiger partial charge in [0.25, 0.3) is 0 Å². The molecule has 2 saturated heterocycles. The molecule has 8 heteroatoms. The minimum Gasteiger partial charge on any atom is -0.492 e. The molecule has 1 atom stereocenters. The predicted octanol–water partition coefficient (Wildman–Crippen LogP) is 1.06. The van der Waals surface area contributed by atoms with Gasteiger partial charge in [0.1, 0.15) is 12.4 Å². The van der Waals surface area contributed by atoms with Gasteiger partial charge in [-0.15, -0.1) is 0 Å². The van der Waals surface area contributed by atoms with Crippen molar-refractivity contribution in [3.8, 4) is 5.75 Å². The van der Waals surface area contributed by atoms with Crippen molar-refractivity contribution < 1.29 is 14.3 Å². The standard InChI is InChI=1S/C22H35N5O3/c1-24-22(27-8-4-5-18(17-27)15-21(23)28)25-16-19-6-2-3-7-20(19)30-14-11-26-9-12-29-13-10-26/h2-3,6-7,18H,4-5,8-17H2,1H3,(H2,23,28)(H,24,25). The second-order valence-electron chi connectivity index (χ2n) is 7.94. The molecule has 1 unspecified atom stereocenters. The summed E-state index contributed by atoms with van der Waals surface area (Å²) in [6.45, 7) is 7.48. The van der Waals surface area contributed by atoms with Crippen molar-refractivity contribution in [3.63, 3.8) is 0 Å². The van der Waals surface area contributed by atoms with Crippen LogP contribution in [0.15, 0.2) is 29.3 Å². The van der Waals surface area contributed by atoms with Crippen LogP contribution >= 0.6 is 0 Å². The van der Waals surface area contributed by atoms with Gasteiger partial charge in [0.15, 0.2) is 5.96 Å². The fourth-order valence-corrected chi connectivity index (χ4v) is 4.12. The number of hydrogen-bond acceptors (Lipinski definition) is 5. The summed E-state index contributed by atoms with van der Waals surface area (Å²) >= 11 is 0. The average molecular weight is 418 g/mol. The van der Waals surface area contributed by atoms with E-state index >= 15 is 0 Å². The molecular formula is C22H35N5O3. The maximum atomic E-state index is 11.3. The van der Waals surface area contributed by atoms with E-state index in [4.69, 9.17) is 15.2 Å². The van der Waals surface area contributed by atoms with Crippen LogP contribution in [0, 0.1) is 5.92 Å². The molecule has 3 rings (SSSR count). The van der Waals surface area contributed by atoms with Crippen molar-refractivity contribution in [1.29, 1.82) is 0 Å². The van der Waals surface area contributed by atoms with Crippen molar-refractivity contribution in [2.24, 2.45) is 16.6 Å². The van der Waals surface area contributed by atoms with Gasteiger partial charge in [0, 0.05) is 58.3 Å². The Balaban J connectivity index is 1.50. The normalized spacial score (nSPS) is 20.8. The molecule has 0 bridgehead atoms. The van der Waals surface area contributed by atoms with Crippen LogP contribution in [0.2, 0.25) is 0 Å². The monoisotopic (exact) mass is 417 g/mol. The van der Waals surface area contributed by atoms with Crippen LogP contribution in [0.5, 0.6) is 5.75 Å². The Labute approximate surface area is 179 Å². The molecule has 1 aromatic carbocycles. The van der Waals surface area contributed by atoms with Gasteiger partial charge in [0.2, 0.25) is 5.91 Å². The Morgan fingerprint density at radius 2 is 2.10 bits per heavy atom. The summed E-state index contributed by atoms with van der Waals surface area (Å²) in [5, 5.41) is 3.46. The van der Waals surface area contributed by atoms with Gasteiger partial charge < -0.3 is 25.4 Å². The third-order valence-corrected chi connectivity index (χ3v) is 5.70. The third kappa shape index (κ3) is 6.88. The first-order chi connectivity index (χ1) is 14.7. The van der Waals surface area contributed by atoms with Gasteiger partial charge in [-0.2, -0.15) is 0 Å². The molecule has 0 radical (unpaired) electrons. The van der Waals surface area contributed by atoms with Gasteiger partial charge in [-0.25, -0.2) is 0 Å². The van der Waals surface area contributed by atoms with E-state index in [1.54, 1.807) is 7.05 Å². The number of rotatable bonds is 8. The minimum absolute atomic E-state index is 0.229. The molecule has 0 aromatic heterocycles. The number of carbonyl (C=O) groups is 1. The van der Waals surface area contributed by atoms with Crippen LogP contribution in [0.4, 0.5) is 0 Å². The largest absolute Gasteiger partial charge is 0.492 e. The smallest absolute Gasteiger partial charge is 0.217 e. The van der Waals surface area contributed by atoms with Crippen molar-refractivity contribution in [1.82, 2.24) is 15.1 Å². The number of guanidine groups is 1. The number of nitrogens with zero attached hydrogens (tertiary/aromatic N) is 3. The molecule has 2 heterocycles. The molecule has 1 aromatic rings. The van der Waals surface area contributed by atoms with Gasteiger partial charge in [-0.05, 0) is 24.8 Å². The van der Waals surface area contributed by atoms with Gasteiger partial charge in [-0.1, -0.05) is 18.2 Å². The lowest BCUT2D eigenvalue weighted by Crippen LogP contribution is -2.46. The maximum Gasteiger partial charge on any atom is 0.217 e. The lowest BCUT2D eigenvalue weighted by Gasteiger charge is -2.34. The van der Waals surface area contributed by atoms with E-state index in [9.17, 15) is 4.79 Å². The van der Waals surface area contributed by atoms with E-state index in [0.29, 0.717) is 25.5 Å². The van der Waals surface area contributed by atoms with Crippen molar-refractivity contribution in [3.05, 3.63) is 29.8 Å². The Morgan fingerprint density at radius 3 is 2.87 bits per heavy atom. The first-order valence-electron chi connectivity index (χ1n) is 10.9. The zero-order valence-electron chi connectivity index (χ0n) is 18.0. The number of morpholine rings is 1. The number of likely N-dealkylation sites (tertiary alicyclic amines) is 1. The molecule has 0 aliphatic carbocycles. The molecule has 8 nitrogen and oxygen atoms in total. The maximum absolute atomic E-state index is 11.3. The first kappa shape index (κ1) is 22.4. The van der Waals surface area contributed by atoms with Gasteiger partial charge in [0.05, 0.1) is 13.2 Å². The summed E-state index contributed by atoms with van der Waals surface area (Å²) in [4.78, 5) is 20.3. The van der Waals surface area contributed by atoms with Crippen molar-refractivity contribution in [2.45, 2.75) is 25.8 Å². The summed E-state index contributed by atoms with van der Waals surface area (Å²) in [5.41, 5.74) is 6.49. The van der Waals surface area contributed by atoms with Crippen LogP contribution < -0.4 is 15.8 Å². The number of amides is 1. The molecule has 2 fully saturated rings. The summed E-state index contributed by atoms with van der Waals surface area (Å²) in [7, 11) is 1.80. The number of carbonyl (C=O) groups excluding carboxylic acids is 1. The highest BCUT2D eigenvalue weighted by Crippen LogP contribution is 2.21. The number of nitrogens with one attached hydrogen (secondary N) is 1. The third-order valence-electron chi connectivity index (χ3n) is 5.70. The van der Waals surface area contributed by atoms with Gasteiger partial charge in [-0.3, -0.25) is 14.7 Å². The number of para-hydroxylation sites is 1. The lowest BCUT2D eigenvalue weighted by atomic mass is 9.95. The van der Waals surface area contributed by atoms with E-state index in [1.165, 1.54) is 0 Å². The number of benzene rings is 1. The molecule has 166 valence electrons. The second kappa shape index (κ2) is 11.8. The fourth-order valence-electron chi connectivity index (χ4n) is 4.12. The molecule has 30 heavy (non-hydrogen) atoms. The molecule has 1 amide bonds. The molecule has 2 aliphatic rings. The van der Waals surface area contributed by atoms with Crippen molar-refractivity contribution >= 4 is 11.9 Å². The number of nitrogens with two attached hydrogens (primary N) is 1. The minimum atomic E-state index is -0.229. The summed E-state index contributed by atoms with van der Waals surface area (Å²) in [6, 6.07) is 8.12. The zero-order chi connectivity index (χ0) is 21.2. The fraction of sp³-hybridized carbons (Fsp3) is 0.636. The topological polar surface area (TPSA) is 92.4 Å². The molecule has 0 spiro atoms. The predicted molar refractivity (Wildman–Crippen MR) is 118 cm³/mol. The van der Waals surface area contributed by atoms with E-state index in [-0.39, 0.29) is 5.91 Å². The molecule has 2 aliphatic heterocycles. The van der Waals surface area contributed by atoms with E-state index < -0.39 is 0 Å². The van der Waals surface area contributed by atoms with Crippen LogP contribution in [0.25, 0.3) is 0 Å². The molecule has 0 saturated carbocycles. The lowest BCUT2D eigenvalue weighted by molar-refractivity contribution is -0.119. The SMILES string of the molecule is CN=C(NCc1ccccc1OCCN1CCOCC1)N1CCCC(CC(N)=O)C1.